The van der Waals surface area contributed by atoms with Crippen molar-refractivity contribution in [2.45, 2.75) is 31.5 Å². The molecule has 0 spiro atoms. The SMILES string of the molecule is CC(C(=O)NC(CN1CCC(O)C1)c1ccccc1)N(C)c1ccccc1. The van der Waals surface area contributed by atoms with Crippen molar-refractivity contribution in [1.82, 2.24) is 10.2 Å². The second-order valence-corrected chi connectivity index (χ2v) is 7.30. The van der Waals surface area contributed by atoms with Gasteiger partial charge in [-0.3, -0.25) is 9.69 Å². The Kier molecular flexibility index (Phi) is 6.48. The van der Waals surface area contributed by atoms with Gasteiger partial charge in [-0.25, -0.2) is 0 Å². The fourth-order valence-electron chi connectivity index (χ4n) is 3.51. The van der Waals surface area contributed by atoms with Crippen LogP contribution >= 0.6 is 0 Å². The van der Waals surface area contributed by atoms with E-state index in [1.807, 2.05) is 79.5 Å². The van der Waals surface area contributed by atoms with Crippen LogP contribution < -0.4 is 10.2 Å². The van der Waals surface area contributed by atoms with Crippen LogP contribution in [-0.4, -0.2) is 54.7 Å². The first kappa shape index (κ1) is 19.4. The molecule has 2 N–H and O–H groups in total. The van der Waals surface area contributed by atoms with Crippen LogP contribution in [0.15, 0.2) is 60.7 Å². The molecule has 5 nitrogen and oxygen atoms in total. The maximum absolute atomic E-state index is 13.0. The zero-order valence-electron chi connectivity index (χ0n) is 16.1. The highest BCUT2D eigenvalue weighted by Crippen LogP contribution is 2.19. The number of rotatable bonds is 7. The van der Waals surface area contributed by atoms with Gasteiger partial charge < -0.3 is 15.3 Å². The van der Waals surface area contributed by atoms with Crippen molar-refractivity contribution in [2.75, 3.05) is 31.6 Å². The van der Waals surface area contributed by atoms with Gasteiger partial charge in [0.15, 0.2) is 0 Å². The number of amides is 1. The molecule has 1 heterocycles. The smallest absolute Gasteiger partial charge is 0.242 e. The summed E-state index contributed by atoms with van der Waals surface area (Å²) in [7, 11) is 1.94. The first-order valence-corrected chi connectivity index (χ1v) is 9.58. The molecule has 1 saturated heterocycles. The number of carbonyl (C=O) groups excluding carboxylic acids is 1. The molecule has 27 heavy (non-hydrogen) atoms. The lowest BCUT2D eigenvalue weighted by atomic mass is 10.1. The van der Waals surface area contributed by atoms with Crippen LogP contribution in [0.5, 0.6) is 0 Å². The van der Waals surface area contributed by atoms with Crippen molar-refractivity contribution in [1.29, 1.82) is 0 Å². The van der Waals surface area contributed by atoms with Crippen LogP contribution in [0.2, 0.25) is 0 Å². The number of nitrogens with one attached hydrogen (secondary N) is 1. The number of likely N-dealkylation sites (tertiary alicyclic amines) is 1. The van der Waals surface area contributed by atoms with Gasteiger partial charge in [0.1, 0.15) is 6.04 Å². The van der Waals surface area contributed by atoms with Crippen LogP contribution in [0.1, 0.15) is 24.9 Å². The van der Waals surface area contributed by atoms with Crippen molar-refractivity contribution in [3.63, 3.8) is 0 Å². The van der Waals surface area contributed by atoms with E-state index in [9.17, 15) is 9.90 Å². The molecule has 0 saturated carbocycles. The number of anilines is 1. The highest BCUT2D eigenvalue weighted by Gasteiger charge is 2.27. The summed E-state index contributed by atoms with van der Waals surface area (Å²) in [4.78, 5) is 17.2. The molecule has 2 aromatic carbocycles. The molecule has 5 heteroatoms. The van der Waals surface area contributed by atoms with Crippen LogP contribution in [0.3, 0.4) is 0 Å². The van der Waals surface area contributed by atoms with Crippen LogP contribution in [0.4, 0.5) is 5.69 Å². The van der Waals surface area contributed by atoms with Crippen molar-refractivity contribution < 1.29 is 9.90 Å². The molecular formula is C22H29N3O2. The standard InChI is InChI=1S/C22H29N3O2/c1-17(24(2)19-11-7-4-8-12-19)22(27)23-21(18-9-5-3-6-10-18)16-25-14-13-20(26)15-25/h3-12,17,20-21,26H,13-16H2,1-2H3,(H,23,27). The second kappa shape index (κ2) is 9.02. The number of hydrogen-bond acceptors (Lipinski definition) is 4. The summed E-state index contributed by atoms with van der Waals surface area (Å²) in [6, 6.07) is 19.6. The predicted octanol–water partition coefficient (Wildman–Crippen LogP) is 2.44. The number of benzene rings is 2. The van der Waals surface area contributed by atoms with Gasteiger partial charge in [0.05, 0.1) is 12.1 Å². The van der Waals surface area contributed by atoms with Crippen LogP contribution in [-0.2, 0) is 4.79 Å². The first-order chi connectivity index (χ1) is 13.0. The molecule has 3 unspecified atom stereocenters. The van der Waals surface area contributed by atoms with E-state index >= 15 is 0 Å². The van der Waals surface area contributed by atoms with Crippen molar-refractivity contribution in [3.8, 4) is 0 Å². The average Bonchev–Trinajstić information content (AvgIpc) is 3.12. The summed E-state index contributed by atoms with van der Waals surface area (Å²) < 4.78 is 0. The molecule has 144 valence electrons. The zero-order chi connectivity index (χ0) is 19.2. The number of β-amino-alcohol motifs (C(OH)–C–C–N with tert-alkyl or cyclic N) is 1. The Labute approximate surface area is 161 Å². The quantitative estimate of drug-likeness (QED) is 0.789. The maximum Gasteiger partial charge on any atom is 0.242 e. The topological polar surface area (TPSA) is 55.8 Å². The third kappa shape index (κ3) is 5.08. The van der Waals surface area contributed by atoms with Gasteiger partial charge in [-0.15, -0.1) is 0 Å². The van der Waals surface area contributed by atoms with E-state index < -0.39 is 0 Å². The highest BCUT2D eigenvalue weighted by molar-refractivity contribution is 5.85. The van der Waals surface area contributed by atoms with E-state index in [1.165, 1.54) is 0 Å². The molecule has 1 aliphatic rings. The van der Waals surface area contributed by atoms with E-state index in [0.717, 1.165) is 24.2 Å². The van der Waals surface area contributed by atoms with E-state index in [-0.39, 0.29) is 24.1 Å². The summed E-state index contributed by atoms with van der Waals surface area (Å²) >= 11 is 0. The number of carbonyl (C=O) groups is 1. The summed E-state index contributed by atoms with van der Waals surface area (Å²) in [6.45, 7) is 4.15. The van der Waals surface area contributed by atoms with Gasteiger partial charge in [-0.2, -0.15) is 0 Å². The molecular weight excluding hydrogens is 338 g/mol. The molecule has 1 fully saturated rings. The Morgan fingerprint density at radius 2 is 1.81 bits per heavy atom. The number of aliphatic hydroxyl groups is 1. The van der Waals surface area contributed by atoms with Crippen molar-refractivity contribution in [2.24, 2.45) is 0 Å². The fourth-order valence-corrected chi connectivity index (χ4v) is 3.51. The van der Waals surface area contributed by atoms with Gasteiger partial charge in [0.2, 0.25) is 5.91 Å². The van der Waals surface area contributed by atoms with Crippen LogP contribution in [0.25, 0.3) is 0 Å². The van der Waals surface area contributed by atoms with Gasteiger partial charge in [0.25, 0.3) is 0 Å². The van der Waals surface area contributed by atoms with Crippen LogP contribution in [0, 0.1) is 0 Å². The largest absolute Gasteiger partial charge is 0.392 e. The van der Waals surface area contributed by atoms with E-state index in [4.69, 9.17) is 0 Å². The minimum atomic E-state index is -0.289. The molecule has 0 radical (unpaired) electrons. The first-order valence-electron chi connectivity index (χ1n) is 9.58. The Balaban J connectivity index is 1.70. The molecule has 2 aromatic rings. The lowest BCUT2D eigenvalue weighted by molar-refractivity contribution is -0.122. The second-order valence-electron chi connectivity index (χ2n) is 7.30. The van der Waals surface area contributed by atoms with E-state index in [1.54, 1.807) is 0 Å². The average molecular weight is 367 g/mol. The molecule has 0 aromatic heterocycles. The van der Waals surface area contributed by atoms with Gasteiger partial charge in [0, 0.05) is 32.4 Å². The summed E-state index contributed by atoms with van der Waals surface area (Å²) in [5, 5.41) is 13.0. The van der Waals surface area contributed by atoms with E-state index in [0.29, 0.717) is 13.1 Å². The van der Waals surface area contributed by atoms with Crippen molar-refractivity contribution >= 4 is 11.6 Å². The molecule has 3 atom stereocenters. The zero-order valence-corrected chi connectivity index (χ0v) is 16.1. The Bertz CT molecular complexity index is 723. The summed E-state index contributed by atoms with van der Waals surface area (Å²) in [5.41, 5.74) is 2.10. The molecule has 1 aliphatic heterocycles. The molecule has 0 aliphatic carbocycles. The monoisotopic (exact) mass is 367 g/mol. The molecule has 1 amide bonds. The number of nitrogens with zero attached hydrogens (tertiary/aromatic N) is 2. The van der Waals surface area contributed by atoms with Gasteiger partial charge in [-0.05, 0) is 31.0 Å². The lowest BCUT2D eigenvalue weighted by Gasteiger charge is -2.30. The molecule has 0 bridgehead atoms. The number of aliphatic hydroxyl groups excluding tert-OH is 1. The minimum absolute atomic E-state index is 0.00467. The van der Waals surface area contributed by atoms with Gasteiger partial charge >= 0.3 is 0 Å². The summed E-state index contributed by atoms with van der Waals surface area (Å²) in [5.74, 6) is -0.00467. The number of likely N-dealkylation sites (N-methyl/N-ethyl adjacent to an activating group) is 1. The Hall–Kier alpha value is -2.37. The summed E-state index contributed by atoms with van der Waals surface area (Å²) in [6.07, 6.45) is 0.531. The third-order valence-electron chi connectivity index (χ3n) is 5.33. The highest BCUT2D eigenvalue weighted by atomic mass is 16.3. The number of para-hydroxylation sites is 1. The van der Waals surface area contributed by atoms with Gasteiger partial charge in [-0.1, -0.05) is 48.5 Å². The normalized spacial score (nSPS) is 19.4. The van der Waals surface area contributed by atoms with E-state index in [2.05, 4.69) is 10.2 Å². The fraction of sp³-hybridized carbons (Fsp3) is 0.409. The lowest BCUT2D eigenvalue weighted by Crippen LogP contribution is -2.46. The maximum atomic E-state index is 13.0. The number of hydrogen-bond donors (Lipinski definition) is 2. The Morgan fingerprint density at radius 1 is 1.19 bits per heavy atom. The molecule has 3 rings (SSSR count). The third-order valence-corrected chi connectivity index (χ3v) is 5.33. The predicted molar refractivity (Wildman–Crippen MR) is 109 cm³/mol. The minimum Gasteiger partial charge on any atom is -0.392 e. The van der Waals surface area contributed by atoms with Crippen molar-refractivity contribution in [3.05, 3.63) is 66.2 Å². The Morgan fingerprint density at radius 3 is 2.41 bits per heavy atom.